The second kappa shape index (κ2) is 4.34. The number of rotatable bonds is 1. The molecule has 0 amide bonds. The number of hydrogen-bond acceptors (Lipinski definition) is 4. The van der Waals surface area contributed by atoms with Crippen molar-refractivity contribution in [3.05, 3.63) is 59.7 Å². The number of benzene rings is 2. The van der Waals surface area contributed by atoms with E-state index in [4.69, 9.17) is 5.73 Å². The number of aromatic nitrogens is 2. The Hall–Kier alpha value is -2.82. The van der Waals surface area contributed by atoms with Crippen molar-refractivity contribution in [2.45, 2.75) is 13.1 Å². The molecule has 5 nitrogen and oxygen atoms in total. The van der Waals surface area contributed by atoms with E-state index in [1.165, 1.54) is 5.56 Å². The molecule has 0 saturated carbocycles. The summed E-state index contributed by atoms with van der Waals surface area (Å²) in [6.07, 6.45) is -0.187. The topological polar surface area (TPSA) is 68.2 Å². The van der Waals surface area contributed by atoms with Crippen molar-refractivity contribution in [1.82, 2.24) is 9.55 Å². The van der Waals surface area contributed by atoms with Crippen LogP contribution in [-0.4, -0.2) is 15.5 Å². The molecule has 0 fully saturated rings. The third-order valence-electron chi connectivity index (χ3n) is 3.68. The van der Waals surface area contributed by atoms with E-state index in [0.717, 1.165) is 22.5 Å². The second-order valence-electron chi connectivity index (χ2n) is 5.22. The highest BCUT2D eigenvalue weighted by Crippen LogP contribution is 2.32. The van der Waals surface area contributed by atoms with E-state index >= 15 is 0 Å². The Bertz CT molecular complexity index is 862. The summed E-state index contributed by atoms with van der Waals surface area (Å²) < 4.78 is 2.08. The predicted octanol–water partition coefficient (Wildman–Crippen LogP) is 2.63. The maximum absolute atomic E-state index is 5.92. The van der Waals surface area contributed by atoms with Gasteiger partial charge in [0.05, 0.1) is 11.0 Å². The van der Waals surface area contributed by atoms with Crippen LogP contribution < -0.4 is 11.1 Å². The van der Waals surface area contributed by atoms with Gasteiger partial charge in [0, 0.05) is 0 Å². The number of fused-ring (bicyclic) bond motifs is 3. The van der Waals surface area contributed by atoms with Gasteiger partial charge < -0.3 is 5.73 Å². The Morgan fingerprint density at radius 3 is 2.86 bits per heavy atom. The summed E-state index contributed by atoms with van der Waals surface area (Å²) in [7, 11) is 0. The highest BCUT2D eigenvalue weighted by molar-refractivity contribution is 5.94. The van der Waals surface area contributed by atoms with Crippen molar-refractivity contribution in [3.63, 3.8) is 0 Å². The molecule has 1 aliphatic rings. The van der Waals surface area contributed by atoms with Gasteiger partial charge in [-0.1, -0.05) is 42.0 Å². The Kier molecular flexibility index (Phi) is 2.47. The molecule has 1 aliphatic heterocycles. The highest BCUT2D eigenvalue weighted by atomic mass is 15.4. The summed E-state index contributed by atoms with van der Waals surface area (Å²) in [5.41, 5.74) is 10.2. The van der Waals surface area contributed by atoms with Crippen LogP contribution in [0.5, 0.6) is 0 Å². The van der Waals surface area contributed by atoms with Crippen LogP contribution >= 0.6 is 0 Å². The van der Waals surface area contributed by atoms with Gasteiger partial charge in [-0.05, 0) is 24.6 Å². The first-order chi connectivity index (χ1) is 10.2. The van der Waals surface area contributed by atoms with Gasteiger partial charge in [0.2, 0.25) is 5.95 Å². The molecule has 0 bridgehead atoms. The summed E-state index contributed by atoms with van der Waals surface area (Å²) in [6.45, 7) is 2.07. The molecule has 0 unspecified atom stereocenters. The lowest BCUT2D eigenvalue weighted by atomic mass is 10.1. The fourth-order valence-corrected chi connectivity index (χ4v) is 2.77. The van der Waals surface area contributed by atoms with E-state index in [0.29, 0.717) is 5.96 Å². The van der Waals surface area contributed by atoms with Gasteiger partial charge in [-0.25, -0.2) is 9.98 Å². The van der Waals surface area contributed by atoms with E-state index in [9.17, 15) is 0 Å². The van der Waals surface area contributed by atoms with Crippen molar-refractivity contribution in [1.29, 1.82) is 0 Å². The van der Waals surface area contributed by atoms with Crippen molar-refractivity contribution in [3.8, 4) is 0 Å². The van der Waals surface area contributed by atoms with E-state index < -0.39 is 0 Å². The van der Waals surface area contributed by atoms with E-state index in [1.807, 2.05) is 30.3 Å². The van der Waals surface area contributed by atoms with Gasteiger partial charge in [0.1, 0.15) is 0 Å². The summed E-state index contributed by atoms with van der Waals surface area (Å²) in [5, 5.41) is 3.04. The molecule has 21 heavy (non-hydrogen) atoms. The molecule has 0 spiro atoms. The average Bonchev–Trinajstić information content (AvgIpc) is 2.84. The van der Waals surface area contributed by atoms with Crippen LogP contribution in [0.1, 0.15) is 17.3 Å². The lowest BCUT2D eigenvalue weighted by molar-refractivity contribution is 0.625. The van der Waals surface area contributed by atoms with Crippen LogP contribution in [0.4, 0.5) is 5.95 Å². The van der Waals surface area contributed by atoms with Gasteiger partial charge in [-0.15, -0.1) is 0 Å². The second-order valence-corrected chi connectivity index (χ2v) is 5.22. The number of imidazole rings is 1. The van der Waals surface area contributed by atoms with Crippen molar-refractivity contribution >= 4 is 22.9 Å². The first-order valence-electron chi connectivity index (χ1n) is 6.86. The Morgan fingerprint density at radius 2 is 2.00 bits per heavy atom. The Labute approximate surface area is 122 Å². The zero-order chi connectivity index (χ0) is 14.4. The van der Waals surface area contributed by atoms with Gasteiger partial charge in [0.25, 0.3) is 0 Å². The summed E-state index contributed by atoms with van der Waals surface area (Å²) in [5.74, 6) is 1.12. The molecular formula is C16H15N5. The lowest BCUT2D eigenvalue weighted by Crippen LogP contribution is -2.31. The summed E-state index contributed by atoms with van der Waals surface area (Å²) in [6, 6.07) is 16.3. The average molecular weight is 277 g/mol. The van der Waals surface area contributed by atoms with Crippen LogP contribution in [0.25, 0.3) is 11.0 Å². The maximum Gasteiger partial charge on any atom is 0.212 e. The molecule has 0 radical (unpaired) electrons. The highest BCUT2D eigenvalue weighted by Gasteiger charge is 2.24. The van der Waals surface area contributed by atoms with Crippen molar-refractivity contribution in [2.24, 2.45) is 10.7 Å². The van der Waals surface area contributed by atoms with Gasteiger partial charge in [-0.2, -0.15) is 0 Å². The minimum absolute atomic E-state index is 0.187. The molecule has 0 saturated heterocycles. The monoisotopic (exact) mass is 277 g/mol. The standard InChI is InChI=1S/C16H15N5/c1-10-5-4-6-11(9-10)14-19-15(17)20-16-18-12-7-2-3-8-13(12)21(14)16/h2-9,14H,1H3,(H3,17,18,19,20)/t14-/m1/s1. The number of aryl methyl sites for hydroxylation is 1. The first-order valence-corrected chi connectivity index (χ1v) is 6.86. The Morgan fingerprint density at radius 1 is 1.14 bits per heavy atom. The third kappa shape index (κ3) is 1.86. The molecule has 1 aromatic heterocycles. The number of nitrogens with two attached hydrogens (primary N) is 1. The largest absolute Gasteiger partial charge is 0.370 e. The molecule has 0 aliphatic carbocycles. The molecule has 3 N–H and O–H groups in total. The zero-order valence-electron chi connectivity index (χ0n) is 11.6. The van der Waals surface area contributed by atoms with E-state index in [-0.39, 0.29) is 6.17 Å². The third-order valence-corrected chi connectivity index (χ3v) is 3.68. The number of nitrogens with zero attached hydrogens (tertiary/aromatic N) is 3. The minimum atomic E-state index is -0.187. The number of anilines is 1. The van der Waals surface area contributed by atoms with Crippen LogP contribution in [0, 0.1) is 6.92 Å². The Balaban J connectivity index is 1.97. The van der Waals surface area contributed by atoms with E-state index in [2.05, 4.69) is 45.0 Å². The molecule has 2 aromatic carbocycles. The predicted molar refractivity (Wildman–Crippen MR) is 84.3 cm³/mol. The molecule has 5 heteroatoms. The van der Waals surface area contributed by atoms with Crippen LogP contribution in [0.15, 0.2) is 53.5 Å². The van der Waals surface area contributed by atoms with Gasteiger partial charge in [-0.3, -0.25) is 9.88 Å². The molecule has 3 aromatic rings. The van der Waals surface area contributed by atoms with Crippen LogP contribution in [0.3, 0.4) is 0 Å². The van der Waals surface area contributed by atoms with Crippen molar-refractivity contribution < 1.29 is 0 Å². The van der Waals surface area contributed by atoms with Crippen LogP contribution in [0.2, 0.25) is 0 Å². The smallest absolute Gasteiger partial charge is 0.212 e. The fourth-order valence-electron chi connectivity index (χ4n) is 2.77. The quantitative estimate of drug-likeness (QED) is 0.718. The number of hydrogen-bond donors (Lipinski definition) is 2. The number of aliphatic imine (C=N–C) groups is 1. The normalized spacial score (nSPS) is 17.2. The summed E-state index contributed by atoms with van der Waals surface area (Å²) >= 11 is 0. The molecule has 1 atom stereocenters. The molecular weight excluding hydrogens is 262 g/mol. The van der Waals surface area contributed by atoms with E-state index in [1.54, 1.807) is 0 Å². The van der Waals surface area contributed by atoms with Gasteiger partial charge >= 0.3 is 0 Å². The minimum Gasteiger partial charge on any atom is -0.370 e. The summed E-state index contributed by atoms with van der Waals surface area (Å²) in [4.78, 5) is 9.16. The molecule has 4 rings (SSSR count). The maximum atomic E-state index is 5.92. The fraction of sp³-hybridized carbons (Fsp3) is 0.125. The SMILES string of the molecule is Cc1cccc([C@@H]2N=C(N)Nc3nc4ccccc4n32)c1. The molecule has 2 heterocycles. The first kappa shape index (κ1) is 12.0. The van der Waals surface area contributed by atoms with Gasteiger partial charge in [0.15, 0.2) is 12.1 Å². The van der Waals surface area contributed by atoms with Crippen LogP contribution in [-0.2, 0) is 0 Å². The zero-order valence-corrected chi connectivity index (χ0v) is 11.6. The van der Waals surface area contributed by atoms with Crippen molar-refractivity contribution in [2.75, 3.05) is 5.32 Å². The number of guanidine groups is 1. The molecule has 104 valence electrons. The lowest BCUT2D eigenvalue weighted by Gasteiger charge is -2.24. The number of para-hydroxylation sites is 2. The number of nitrogens with one attached hydrogen (secondary N) is 1.